The Bertz CT molecular complexity index is 1140. The summed E-state index contributed by atoms with van der Waals surface area (Å²) in [6.07, 6.45) is 1.41. The molecule has 6 nitrogen and oxygen atoms in total. The highest BCUT2D eigenvalue weighted by atomic mass is 35.5. The van der Waals surface area contributed by atoms with Crippen LogP contribution in [0.3, 0.4) is 0 Å². The first-order valence-electron chi connectivity index (χ1n) is 10.4. The molecule has 12 heteroatoms. The van der Waals surface area contributed by atoms with Gasteiger partial charge in [0.15, 0.2) is 10.8 Å². The summed E-state index contributed by atoms with van der Waals surface area (Å²) in [6, 6.07) is 6.47. The SMILES string of the molecule is FC(F)(F)c1cc(C2CC2)n(CCCNC(=S)Nc2cnn(Cc3ccc(Cl)cc3Cl)c2)n1. The van der Waals surface area contributed by atoms with Gasteiger partial charge in [0.1, 0.15) is 0 Å². The molecule has 0 spiro atoms. The van der Waals surface area contributed by atoms with Crippen LogP contribution in [0.15, 0.2) is 36.7 Å². The first kappa shape index (κ1) is 23.8. The van der Waals surface area contributed by atoms with Crippen LogP contribution in [0.2, 0.25) is 10.0 Å². The van der Waals surface area contributed by atoms with Gasteiger partial charge in [0.05, 0.1) is 18.4 Å². The zero-order valence-electron chi connectivity index (χ0n) is 17.4. The Morgan fingerprint density at radius 2 is 2.00 bits per heavy atom. The van der Waals surface area contributed by atoms with E-state index in [-0.39, 0.29) is 5.92 Å². The minimum absolute atomic E-state index is 0.184. The number of benzene rings is 1. The molecular formula is C21H21Cl2F3N6S. The van der Waals surface area contributed by atoms with E-state index in [1.807, 2.05) is 6.07 Å². The second kappa shape index (κ2) is 9.90. The fourth-order valence-corrected chi connectivity index (χ4v) is 4.09. The molecule has 1 aromatic carbocycles. The molecule has 1 saturated carbocycles. The molecular weight excluding hydrogens is 496 g/mol. The zero-order chi connectivity index (χ0) is 23.6. The number of hydrogen-bond donors (Lipinski definition) is 2. The van der Waals surface area contributed by atoms with Crippen LogP contribution in [0, 0.1) is 0 Å². The van der Waals surface area contributed by atoms with Gasteiger partial charge >= 0.3 is 6.18 Å². The molecule has 0 aliphatic heterocycles. The van der Waals surface area contributed by atoms with Gasteiger partial charge in [0.25, 0.3) is 0 Å². The third-order valence-corrected chi connectivity index (χ3v) is 6.00. The van der Waals surface area contributed by atoms with Gasteiger partial charge in [-0.2, -0.15) is 23.4 Å². The molecule has 1 fully saturated rings. The number of halogens is 5. The topological polar surface area (TPSA) is 59.7 Å². The fraction of sp³-hybridized carbons (Fsp3) is 0.381. The van der Waals surface area contributed by atoms with Crippen LogP contribution in [-0.4, -0.2) is 31.2 Å². The molecule has 0 atom stereocenters. The molecule has 176 valence electrons. The molecule has 3 aromatic rings. The van der Waals surface area contributed by atoms with Crippen LogP contribution < -0.4 is 10.6 Å². The van der Waals surface area contributed by atoms with Crippen molar-refractivity contribution in [2.75, 3.05) is 11.9 Å². The average Bonchev–Trinajstić information content (AvgIpc) is 3.33. The molecule has 0 saturated heterocycles. The van der Waals surface area contributed by atoms with Crippen molar-refractivity contribution >= 4 is 46.2 Å². The fourth-order valence-electron chi connectivity index (χ4n) is 3.40. The maximum atomic E-state index is 13.0. The lowest BCUT2D eigenvalue weighted by Crippen LogP contribution is -2.29. The van der Waals surface area contributed by atoms with Gasteiger partial charge in [-0.15, -0.1) is 0 Å². The Morgan fingerprint density at radius 3 is 2.70 bits per heavy atom. The molecule has 4 rings (SSSR count). The summed E-state index contributed by atoms with van der Waals surface area (Å²) < 4.78 is 42.2. The number of alkyl halides is 3. The molecule has 0 radical (unpaired) electrons. The van der Waals surface area contributed by atoms with E-state index in [2.05, 4.69) is 20.8 Å². The number of nitrogens with one attached hydrogen (secondary N) is 2. The van der Waals surface area contributed by atoms with Crippen molar-refractivity contribution in [3.8, 4) is 0 Å². The van der Waals surface area contributed by atoms with E-state index in [1.54, 1.807) is 29.2 Å². The number of aryl methyl sites for hydroxylation is 1. The van der Waals surface area contributed by atoms with E-state index in [9.17, 15) is 13.2 Å². The second-order valence-corrected chi connectivity index (χ2v) is 9.10. The van der Waals surface area contributed by atoms with Crippen molar-refractivity contribution in [3.05, 3.63) is 63.7 Å². The molecule has 0 amide bonds. The van der Waals surface area contributed by atoms with Gasteiger partial charge in [-0.05, 0) is 55.2 Å². The van der Waals surface area contributed by atoms with Crippen molar-refractivity contribution < 1.29 is 13.2 Å². The molecule has 2 N–H and O–H groups in total. The number of rotatable bonds is 8. The first-order valence-corrected chi connectivity index (χ1v) is 11.5. The van der Waals surface area contributed by atoms with E-state index < -0.39 is 11.9 Å². The monoisotopic (exact) mass is 516 g/mol. The lowest BCUT2D eigenvalue weighted by molar-refractivity contribution is -0.141. The maximum Gasteiger partial charge on any atom is 0.435 e. The predicted molar refractivity (Wildman–Crippen MR) is 126 cm³/mol. The minimum atomic E-state index is -4.43. The standard InChI is InChI=1S/C21H21Cl2F3N6S/c22-15-5-4-14(17(23)8-15)11-31-12-16(10-28-31)29-20(33)27-6-1-7-32-18(13-2-3-13)9-19(30-32)21(24,25)26/h4-5,8-10,12-13H,1-3,6-7,11H2,(H2,27,29,33). The van der Waals surface area contributed by atoms with Crippen LogP contribution in [0.4, 0.5) is 18.9 Å². The van der Waals surface area contributed by atoms with Gasteiger partial charge in [0, 0.05) is 40.9 Å². The van der Waals surface area contributed by atoms with Gasteiger partial charge in [0.2, 0.25) is 0 Å². The van der Waals surface area contributed by atoms with Crippen molar-refractivity contribution in [3.63, 3.8) is 0 Å². The zero-order valence-corrected chi connectivity index (χ0v) is 19.7. The van der Waals surface area contributed by atoms with E-state index in [4.69, 9.17) is 35.4 Å². The Balaban J connectivity index is 1.24. The maximum absolute atomic E-state index is 13.0. The molecule has 1 aliphatic carbocycles. The summed E-state index contributed by atoms with van der Waals surface area (Å²) in [5.41, 5.74) is 1.42. The summed E-state index contributed by atoms with van der Waals surface area (Å²) in [4.78, 5) is 0. The highest BCUT2D eigenvalue weighted by Gasteiger charge is 2.37. The predicted octanol–water partition coefficient (Wildman–Crippen LogP) is 5.71. The molecule has 33 heavy (non-hydrogen) atoms. The molecule has 2 heterocycles. The molecule has 0 bridgehead atoms. The largest absolute Gasteiger partial charge is 0.435 e. The van der Waals surface area contributed by atoms with E-state index >= 15 is 0 Å². The second-order valence-electron chi connectivity index (χ2n) is 7.85. The quantitative estimate of drug-likeness (QED) is 0.296. The molecule has 0 unspecified atom stereocenters. The number of nitrogens with zero attached hydrogens (tertiary/aromatic N) is 4. The number of thiocarbonyl (C=S) groups is 1. The highest BCUT2D eigenvalue weighted by molar-refractivity contribution is 7.80. The summed E-state index contributed by atoms with van der Waals surface area (Å²) in [6.45, 7) is 1.36. The lowest BCUT2D eigenvalue weighted by Gasteiger charge is -2.10. The van der Waals surface area contributed by atoms with Crippen molar-refractivity contribution in [1.29, 1.82) is 0 Å². The van der Waals surface area contributed by atoms with Crippen LogP contribution in [0.25, 0.3) is 0 Å². The molecule has 2 aromatic heterocycles. The Hall–Kier alpha value is -2.30. The number of anilines is 1. The first-order chi connectivity index (χ1) is 15.7. The average molecular weight is 517 g/mol. The van der Waals surface area contributed by atoms with E-state index in [0.29, 0.717) is 52.6 Å². The lowest BCUT2D eigenvalue weighted by atomic mass is 10.2. The summed E-state index contributed by atoms with van der Waals surface area (Å²) in [5.74, 6) is 0.184. The van der Waals surface area contributed by atoms with E-state index in [0.717, 1.165) is 18.4 Å². The third kappa shape index (κ3) is 6.39. The normalized spacial score (nSPS) is 13.8. The summed E-state index contributed by atoms with van der Waals surface area (Å²) in [7, 11) is 0. The van der Waals surface area contributed by atoms with Crippen LogP contribution in [-0.2, 0) is 19.3 Å². The van der Waals surface area contributed by atoms with Crippen LogP contribution in [0.1, 0.15) is 42.1 Å². The Kier molecular flexibility index (Phi) is 7.16. The highest BCUT2D eigenvalue weighted by Crippen LogP contribution is 2.42. The van der Waals surface area contributed by atoms with Gasteiger partial charge < -0.3 is 10.6 Å². The van der Waals surface area contributed by atoms with E-state index in [1.165, 1.54) is 10.7 Å². The van der Waals surface area contributed by atoms with Crippen molar-refractivity contribution in [2.45, 2.75) is 44.4 Å². The van der Waals surface area contributed by atoms with Crippen molar-refractivity contribution in [1.82, 2.24) is 24.9 Å². The van der Waals surface area contributed by atoms with Gasteiger partial charge in [-0.3, -0.25) is 9.36 Å². The Labute approximate surface area is 204 Å². The number of aromatic nitrogens is 4. The van der Waals surface area contributed by atoms with Crippen molar-refractivity contribution in [2.24, 2.45) is 0 Å². The third-order valence-electron chi connectivity index (χ3n) is 5.17. The minimum Gasteiger partial charge on any atom is -0.362 e. The summed E-state index contributed by atoms with van der Waals surface area (Å²) >= 11 is 17.4. The molecule has 1 aliphatic rings. The van der Waals surface area contributed by atoms with Gasteiger partial charge in [-0.1, -0.05) is 29.3 Å². The smallest absolute Gasteiger partial charge is 0.362 e. The van der Waals surface area contributed by atoms with Crippen LogP contribution >= 0.6 is 35.4 Å². The van der Waals surface area contributed by atoms with Gasteiger partial charge in [-0.25, -0.2) is 0 Å². The summed E-state index contributed by atoms with van der Waals surface area (Å²) in [5, 5.41) is 15.7. The Morgan fingerprint density at radius 1 is 1.21 bits per heavy atom. The van der Waals surface area contributed by atoms with Crippen LogP contribution in [0.5, 0.6) is 0 Å². The number of hydrogen-bond acceptors (Lipinski definition) is 3.